The van der Waals surface area contributed by atoms with Crippen LogP contribution in [0.1, 0.15) is 31.2 Å². The third kappa shape index (κ3) is 2.88. The Labute approximate surface area is 102 Å². The van der Waals surface area contributed by atoms with E-state index in [4.69, 9.17) is 4.74 Å². The highest BCUT2D eigenvalue weighted by Gasteiger charge is 2.23. The topological polar surface area (TPSA) is 54.4 Å². The SMILES string of the molecule is COc1ccc(C)c(NC2CCCCC2O)n1. The summed E-state index contributed by atoms with van der Waals surface area (Å²) in [6.07, 6.45) is 3.89. The number of anilines is 1. The second kappa shape index (κ2) is 5.36. The number of ether oxygens (including phenoxy) is 1. The summed E-state index contributed by atoms with van der Waals surface area (Å²) in [5.41, 5.74) is 1.07. The highest BCUT2D eigenvalue weighted by Crippen LogP contribution is 2.24. The van der Waals surface area contributed by atoms with Gasteiger partial charge in [0.1, 0.15) is 5.82 Å². The zero-order valence-corrected chi connectivity index (χ0v) is 10.4. The number of methoxy groups -OCH3 is 1. The van der Waals surface area contributed by atoms with Crippen LogP contribution in [0.4, 0.5) is 5.82 Å². The summed E-state index contributed by atoms with van der Waals surface area (Å²) in [6.45, 7) is 2.00. The third-order valence-corrected chi connectivity index (χ3v) is 3.33. The highest BCUT2D eigenvalue weighted by atomic mass is 16.5. The van der Waals surface area contributed by atoms with Gasteiger partial charge in [0.25, 0.3) is 0 Å². The molecule has 0 aromatic carbocycles. The van der Waals surface area contributed by atoms with Crippen LogP contribution in [0.2, 0.25) is 0 Å². The van der Waals surface area contributed by atoms with Gasteiger partial charge in [-0.1, -0.05) is 18.9 Å². The van der Waals surface area contributed by atoms with Gasteiger partial charge in [-0.15, -0.1) is 0 Å². The van der Waals surface area contributed by atoms with Gasteiger partial charge in [-0.3, -0.25) is 0 Å². The molecule has 1 aliphatic carbocycles. The standard InChI is InChI=1S/C13H20N2O2/c1-9-7-8-12(17-2)15-13(9)14-10-5-3-4-6-11(10)16/h7-8,10-11,16H,3-6H2,1-2H3,(H,14,15). The molecule has 0 aliphatic heterocycles. The normalized spacial score (nSPS) is 24.4. The van der Waals surface area contributed by atoms with Gasteiger partial charge in [0.2, 0.25) is 5.88 Å². The number of pyridine rings is 1. The van der Waals surface area contributed by atoms with Crippen LogP contribution in [-0.2, 0) is 0 Å². The van der Waals surface area contributed by atoms with Crippen LogP contribution in [0, 0.1) is 6.92 Å². The van der Waals surface area contributed by atoms with Crippen LogP contribution in [0.5, 0.6) is 5.88 Å². The van der Waals surface area contributed by atoms with Gasteiger partial charge in [0.05, 0.1) is 19.3 Å². The van der Waals surface area contributed by atoms with E-state index >= 15 is 0 Å². The van der Waals surface area contributed by atoms with Gasteiger partial charge in [-0.2, -0.15) is 4.98 Å². The molecule has 1 aliphatic rings. The smallest absolute Gasteiger partial charge is 0.214 e. The highest BCUT2D eigenvalue weighted by molar-refractivity contribution is 5.46. The number of aliphatic hydroxyl groups excluding tert-OH is 1. The summed E-state index contributed by atoms with van der Waals surface area (Å²) in [4.78, 5) is 4.37. The fourth-order valence-electron chi connectivity index (χ4n) is 2.23. The summed E-state index contributed by atoms with van der Waals surface area (Å²) in [5, 5.41) is 13.3. The Balaban J connectivity index is 2.11. The second-order valence-electron chi connectivity index (χ2n) is 4.62. The summed E-state index contributed by atoms with van der Waals surface area (Å²) in [6, 6.07) is 3.93. The molecule has 0 saturated heterocycles. The quantitative estimate of drug-likeness (QED) is 0.844. The molecule has 4 nitrogen and oxygen atoms in total. The summed E-state index contributed by atoms with van der Waals surface area (Å²) < 4.78 is 5.11. The minimum Gasteiger partial charge on any atom is -0.481 e. The fourth-order valence-corrected chi connectivity index (χ4v) is 2.23. The van der Waals surface area contributed by atoms with E-state index in [0.717, 1.165) is 37.1 Å². The lowest BCUT2D eigenvalue weighted by atomic mass is 9.92. The first kappa shape index (κ1) is 12.2. The first-order valence-corrected chi connectivity index (χ1v) is 6.17. The van der Waals surface area contributed by atoms with Gasteiger partial charge in [0, 0.05) is 6.07 Å². The van der Waals surface area contributed by atoms with Gasteiger partial charge in [-0.05, 0) is 25.3 Å². The van der Waals surface area contributed by atoms with E-state index in [1.165, 1.54) is 0 Å². The molecule has 1 aromatic rings. The van der Waals surface area contributed by atoms with Crippen LogP contribution in [0.25, 0.3) is 0 Å². The molecule has 0 amide bonds. The molecular formula is C13H20N2O2. The average molecular weight is 236 g/mol. The number of nitrogens with one attached hydrogen (secondary N) is 1. The first-order valence-electron chi connectivity index (χ1n) is 6.17. The molecule has 2 unspecified atom stereocenters. The number of nitrogens with zero attached hydrogens (tertiary/aromatic N) is 1. The minimum absolute atomic E-state index is 0.113. The largest absolute Gasteiger partial charge is 0.481 e. The van der Waals surface area contributed by atoms with Crippen molar-refractivity contribution >= 4 is 5.82 Å². The summed E-state index contributed by atoms with van der Waals surface area (Å²) in [7, 11) is 1.61. The number of aryl methyl sites for hydroxylation is 1. The number of hydrogen-bond acceptors (Lipinski definition) is 4. The van der Waals surface area contributed by atoms with Crippen molar-refractivity contribution in [3.05, 3.63) is 17.7 Å². The minimum atomic E-state index is -0.267. The molecule has 0 bridgehead atoms. The Kier molecular flexibility index (Phi) is 3.84. The molecule has 2 N–H and O–H groups in total. The monoisotopic (exact) mass is 236 g/mol. The molecule has 1 fully saturated rings. The molecule has 94 valence electrons. The van der Waals surface area contributed by atoms with Crippen molar-refractivity contribution in [1.29, 1.82) is 0 Å². The number of aromatic nitrogens is 1. The Morgan fingerprint density at radius 1 is 1.35 bits per heavy atom. The zero-order chi connectivity index (χ0) is 12.3. The van der Waals surface area contributed by atoms with Crippen molar-refractivity contribution in [1.82, 2.24) is 4.98 Å². The van der Waals surface area contributed by atoms with Crippen LogP contribution in [0.15, 0.2) is 12.1 Å². The molecule has 1 heterocycles. The molecule has 0 spiro atoms. The third-order valence-electron chi connectivity index (χ3n) is 3.33. The lowest BCUT2D eigenvalue weighted by Crippen LogP contribution is -2.36. The molecule has 1 saturated carbocycles. The molecule has 2 rings (SSSR count). The van der Waals surface area contributed by atoms with E-state index in [1.54, 1.807) is 7.11 Å². The van der Waals surface area contributed by atoms with Crippen LogP contribution < -0.4 is 10.1 Å². The molecule has 2 atom stereocenters. The molecule has 4 heteroatoms. The second-order valence-corrected chi connectivity index (χ2v) is 4.62. The lowest BCUT2D eigenvalue weighted by molar-refractivity contribution is 0.116. The van der Waals surface area contributed by atoms with Crippen molar-refractivity contribution in [3.63, 3.8) is 0 Å². The maximum Gasteiger partial charge on any atom is 0.214 e. The average Bonchev–Trinajstić information content (AvgIpc) is 2.35. The van der Waals surface area contributed by atoms with E-state index < -0.39 is 0 Å². The van der Waals surface area contributed by atoms with Crippen molar-refractivity contribution in [3.8, 4) is 5.88 Å². The zero-order valence-electron chi connectivity index (χ0n) is 10.4. The molecule has 1 aromatic heterocycles. The van der Waals surface area contributed by atoms with Crippen molar-refractivity contribution in [2.24, 2.45) is 0 Å². The number of aliphatic hydroxyl groups is 1. The Bertz CT molecular complexity index is 382. The van der Waals surface area contributed by atoms with E-state index in [-0.39, 0.29) is 12.1 Å². The number of rotatable bonds is 3. The van der Waals surface area contributed by atoms with Crippen molar-refractivity contribution in [2.75, 3.05) is 12.4 Å². The predicted octanol–water partition coefficient (Wildman–Crippen LogP) is 2.11. The maximum absolute atomic E-state index is 9.93. The van der Waals surface area contributed by atoms with Crippen molar-refractivity contribution < 1.29 is 9.84 Å². The molecule has 0 radical (unpaired) electrons. The van der Waals surface area contributed by atoms with Gasteiger partial charge >= 0.3 is 0 Å². The van der Waals surface area contributed by atoms with Crippen LogP contribution in [0.3, 0.4) is 0 Å². The van der Waals surface area contributed by atoms with E-state index in [9.17, 15) is 5.11 Å². The summed E-state index contributed by atoms with van der Waals surface area (Å²) >= 11 is 0. The Morgan fingerprint density at radius 2 is 2.12 bits per heavy atom. The maximum atomic E-state index is 9.93. The van der Waals surface area contributed by atoms with Gasteiger partial charge in [0.15, 0.2) is 0 Å². The van der Waals surface area contributed by atoms with E-state index in [1.807, 2.05) is 19.1 Å². The van der Waals surface area contributed by atoms with Gasteiger partial charge < -0.3 is 15.2 Å². The Hall–Kier alpha value is -1.29. The van der Waals surface area contributed by atoms with E-state index in [0.29, 0.717) is 5.88 Å². The molecule has 17 heavy (non-hydrogen) atoms. The predicted molar refractivity (Wildman–Crippen MR) is 67.4 cm³/mol. The Morgan fingerprint density at radius 3 is 2.82 bits per heavy atom. The van der Waals surface area contributed by atoms with Crippen LogP contribution >= 0.6 is 0 Å². The van der Waals surface area contributed by atoms with Crippen LogP contribution in [-0.4, -0.2) is 29.3 Å². The lowest BCUT2D eigenvalue weighted by Gasteiger charge is -2.29. The number of hydrogen-bond donors (Lipinski definition) is 2. The van der Waals surface area contributed by atoms with Crippen molar-refractivity contribution in [2.45, 2.75) is 44.8 Å². The molecular weight excluding hydrogens is 216 g/mol. The first-order chi connectivity index (χ1) is 8.20. The van der Waals surface area contributed by atoms with Gasteiger partial charge in [-0.25, -0.2) is 0 Å². The van der Waals surface area contributed by atoms with E-state index in [2.05, 4.69) is 10.3 Å². The fraction of sp³-hybridized carbons (Fsp3) is 0.615. The summed E-state index contributed by atoms with van der Waals surface area (Å²) in [5.74, 6) is 1.42.